The molecule has 23 heavy (non-hydrogen) atoms. The average molecular weight is 316 g/mol. The molecule has 0 saturated carbocycles. The predicted molar refractivity (Wildman–Crippen MR) is 87.9 cm³/mol. The summed E-state index contributed by atoms with van der Waals surface area (Å²) >= 11 is 0. The van der Waals surface area contributed by atoms with Crippen molar-refractivity contribution in [3.05, 3.63) is 40.8 Å². The lowest BCUT2D eigenvalue weighted by Crippen LogP contribution is -2.23. The van der Waals surface area contributed by atoms with E-state index in [9.17, 15) is 0 Å². The van der Waals surface area contributed by atoms with Crippen LogP contribution in [0.3, 0.4) is 0 Å². The number of aromatic nitrogens is 1. The van der Waals surface area contributed by atoms with Crippen molar-refractivity contribution >= 4 is 0 Å². The third-order valence-electron chi connectivity index (χ3n) is 4.65. The van der Waals surface area contributed by atoms with Gasteiger partial charge < -0.3 is 14.0 Å². The highest BCUT2D eigenvalue weighted by molar-refractivity contribution is 5.40. The SMILES string of the molecule is COc1ccc(OC)c(CN2CCC[C@@H]2c2c(C)noc2C)c1. The fraction of sp³-hybridized carbons (Fsp3) is 0.500. The largest absolute Gasteiger partial charge is 0.497 e. The minimum Gasteiger partial charge on any atom is -0.497 e. The third-order valence-corrected chi connectivity index (χ3v) is 4.65. The summed E-state index contributed by atoms with van der Waals surface area (Å²) in [7, 11) is 3.40. The number of nitrogens with zero attached hydrogens (tertiary/aromatic N) is 2. The Morgan fingerprint density at radius 3 is 2.74 bits per heavy atom. The molecule has 1 aliphatic rings. The first-order valence-electron chi connectivity index (χ1n) is 8.01. The smallest absolute Gasteiger partial charge is 0.138 e. The maximum absolute atomic E-state index is 5.52. The summed E-state index contributed by atoms with van der Waals surface area (Å²) in [6, 6.07) is 6.31. The standard InChI is InChI=1S/C18H24N2O3/c1-12-18(13(2)23-19-12)16-6-5-9-20(16)11-14-10-15(21-3)7-8-17(14)22-4/h7-8,10,16H,5-6,9,11H2,1-4H3/t16-/m1/s1. The van der Waals surface area contributed by atoms with Gasteiger partial charge in [-0.2, -0.15) is 0 Å². The van der Waals surface area contributed by atoms with Gasteiger partial charge in [0.1, 0.15) is 17.3 Å². The van der Waals surface area contributed by atoms with Crippen molar-refractivity contribution in [1.29, 1.82) is 0 Å². The molecule has 1 saturated heterocycles. The van der Waals surface area contributed by atoms with Crippen molar-refractivity contribution in [2.75, 3.05) is 20.8 Å². The Morgan fingerprint density at radius 1 is 1.26 bits per heavy atom. The Balaban J connectivity index is 1.87. The van der Waals surface area contributed by atoms with Crippen LogP contribution < -0.4 is 9.47 Å². The molecule has 0 unspecified atom stereocenters. The minimum atomic E-state index is 0.358. The molecule has 3 rings (SSSR count). The quantitative estimate of drug-likeness (QED) is 0.842. The molecule has 1 aliphatic heterocycles. The van der Waals surface area contributed by atoms with E-state index in [1.54, 1.807) is 14.2 Å². The van der Waals surface area contributed by atoms with Crippen molar-refractivity contribution in [2.24, 2.45) is 0 Å². The van der Waals surface area contributed by atoms with Crippen LogP contribution in [-0.2, 0) is 6.54 Å². The fourth-order valence-corrected chi connectivity index (χ4v) is 3.53. The number of rotatable bonds is 5. The van der Waals surface area contributed by atoms with Gasteiger partial charge in [-0.05, 0) is 51.4 Å². The monoisotopic (exact) mass is 316 g/mol. The number of ether oxygens (including phenoxy) is 2. The van der Waals surface area contributed by atoms with Gasteiger partial charge in [-0.1, -0.05) is 5.16 Å². The van der Waals surface area contributed by atoms with Crippen molar-refractivity contribution in [3.63, 3.8) is 0 Å². The summed E-state index contributed by atoms with van der Waals surface area (Å²) in [6.45, 7) is 5.91. The number of methoxy groups -OCH3 is 2. The van der Waals surface area contributed by atoms with Gasteiger partial charge in [0.25, 0.3) is 0 Å². The van der Waals surface area contributed by atoms with Crippen molar-refractivity contribution < 1.29 is 14.0 Å². The summed E-state index contributed by atoms with van der Waals surface area (Å²) < 4.78 is 16.2. The van der Waals surface area contributed by atoms with E-state index in [2.05, 4.69) is 16.1 Å². The second kappa shape index (κ2) is 6.62. The second-order valence-electron chi connectivity index (χ2n) is 6.04. The molecule has 5 heteroatoms. The van der Waals surface area contributed by atoms with E-state index in [1.165, 1.54) is 12.0 Å². The lowest BCUT2D eigenvalue weighted by atomic mass is 10.0. The van der Waals surface area contributed by atoms with E-state index in [0.717, 1.165) is 48.0 Å². The molecule has 2 heterocycles. The molecule has 124 valence electrons. The maximum atomic E-state index is 5.52. The molecule has 1 fully saturated rings. The highest BCUT2D eigenvalue weighted by Gasteiger charge is 2.31. The molecule has 0 radical (unpaired) electrons. The van der Waals surface area contributed by atoms with Crippen LogP contribution in [0.15, 0.2) is 22.7 Å². The van der Waals surface area contributed by atoms with E-state index < -0.39 is 0 Å². The highest BCUT2D eigenvalue weighted by Crippen LogP contribution is 2.37. The summed E-state index contributed by atoms with van der Waals surface area (Å²) in [5.74, 6) is 2.68. The summed E-state index contributed by atoms with van der Waals surface area (Å²) in [4.78, 5) is 2.48. The van der Waals surface area contributed by atoms with Gasteiger partial charge in [-0.15, -0.1) is 0 Å². The fourth-order valence-electron chi connectivity index (χ4n) is 3.53. The number of likely N-dealkylation sites (tertiary alicyclic amines) is 1. The molecule has 0 bridgehead atoms. The molecule has 1 aromatic heterocycles. The lowest BCUT2D eigenvalue weighted by molar-refractivity contribution is 0.241. The average Bonchev–Trinajstić information content (AvgIpc) is 3.13. The number of aryl methyl sites for hydroxylation is 2. The first-order chi connectivity index (χ1) is 11.1. The van der Waals surface area contributed by atoms with Crippen LogP contribution in [0.5, 0.6) is 11.5 Å². The van der Waals surface area contributed by atoms with E-state index in [0.29, 0.717) is 6.04 Å². The molecular formula is C18H24N2O3. The van der Waals surface area contributed by atoms with Gasteiger partial charge in [-0.3, -0.25) is 4.90 Å². The summed E-state index contributed by atoms with van der Waals surface area (Å²) in [5, 5.41) is 4.12. The van der Waals surface area contributed by atoms with Crippen LogP contribution in [0, 0.1) is 13.8 Å². The van der Waals surface area contributed by atoms with Gasteiger partial charge in [0.2, 0.25) is 0 Å². The van der Waals surface area contributed by atoms with Crippen LogP contribution in [0.2, 0.25) is 0 Å². The van der Waals surface area contributed by atoms with Gasteiger partial charge in [-0.25, -0.2) is 0 Å². The zero-order valence-electron chi connectivity index (χ0n) is 14.3. The van der Waals surface area contributed by atoms with Crippen LogP contribution in [0.4, 0.5) is 0 Å². The van der Waals surface area contributed by atoms with Crippen LogP contribution in [0.1, 0.15) is 41.5 Å². The van der Waals surface area contributed by atoms with Crippen molar-refractivity contribution in [3.8, 4) is 11.5 Å². The minimum absolute atomic E-state index is 0.358. The highest BCUT2D eigenvalue weighted by atomic mass is 16.5. The zero-order chi connectivity index (χ0) is 16.4. The Morgan fingerprint density at radius 2 is 2.09 bits per heavy atom. The van der Waals surface area contributed by atoms with Crippen LogP contribution >= 0.6 is 0 Å². The molecule has 0 aliphatic carbocycles. The normalized spacial score (nSPS) is 18.3. The van der Waals surface area contributed by atoms with Gasteiger partial charge in [0, 0.05) is 23.7 Å². The van der Waals surface area contributed by atoms with E-state index >= 15 is 0 Å². The topological polar surface area (TPSA) is 47.7 Å². The number of benzene rings is 1. The van der Waals surface area contributed by atoms with Gasteiger partial charge in [0.15, 0.2) is 0 Å². The van der Waals surface area contributed by atoms with Crippen molar-refractivity contribution in [1.82, 2.24) is 10.1 Å². The predicted octanol–water partition coefficient (Wildman–Crippen LogP) is 3.65. The Hall–Kier alpha value is -2.01. The molecule has 0 spiro atoms. The van der Waals surface area contributed by atoms with Gasteiger partial charge >= 0.3 is 0 Å². The summed E-state index contributed by atoms with van der Waals surface area (Å²) in [6.07, 6.45) is 2.32. The first-order valence-corrected chi connectivity index (χ1v) is 8.01. The molecule has 1 aromatic carbocycles. The molecular weight excluding hydrogens is 292 g/mol. The molecule has 5 nitrogen and oxygen atoms in total. The Bertz CT molecular complexity index is 661. The first kappa shape index (κ1) is 15.9. The number of hydrogen-bond donors (Lipinski definition) is 0. The second-order valence-corrected chi connectivity index (χ2v) is 6.04. The lowest BCUT2D eigenvalue weighted by Gasteiger charge is -2.25. The Kier molecular flexibility index (Phi) is 4.57. The van der Waals surface area contributed by atoms with Crippen LogP contribution in [-0.4, -0.2) is 30.8 Å². The molecule has 2 aromatic rings. The zero-order valence-corrected chi connectivity index (χ0v) is 14.3. The molecule has 0 amide bonds. The summed E-state index contributed by atoms with van der Waals surface area (Å²) in [5.41, 5.74) is 3.38. The Labute approximate surface area is 137 Å². The van der Waals surface area contributed by atoms with E-state index in [4.69, 9.17) is 14.0 Å². The maximum Gasteiger partial charge on any atom is 0.138 e. The molecule has 0 N–H and O–H groups in total. The van der Waals surface area contributed by atoms with Gasteiger partial charge in [0.05, 0.1) is 19.9 Å². The number of hydrogen-bond acceptors (Lipinski definition) is 5. The third kappa shape index (κ3) is 3.06. The van der Waals surface area contributed by atoms with E-state index in [-0.39, 0.29) is 0 Å². The van der Waals surface area contributed by atoms with Crippen molar-refractivity contribution in [2.45, 2.75) is 39.3 Å². The van der Waals surface area contributed by atoms with Crippen LogP contribution in [0.25, 0.3) is 0 Å². The molecule has 1 atom stereocenters. The van der Waals surface area contributed by atoms with E-state index in [1.807, 2.05) is 26.0 Å².